The minimum atomic E-state index is -0.870. The van der Waals surface area contributed by atoms with Crippen LogP contribution in [-0.2, 0) is 6.61 Å². The van der Waals surface area contributed by atoms with E-state index in [4.69, 9.17) is 26.2 Å². The number of H-pyrrole nitrogens is 1. The molecule has 5 aromatic rings. The average molecular weight is 612 g/mol. The summed E-state index contributed by atoms with van der Waals surface area (Å²) < 4.78 is 13.8. The van der Waals surface area contributed by atoms with Gasteiger partial charge in [0.05, 0.1) is 28.4 Å². The molecule has 0 spiro atoms. The van der Waals surface area contributed by atoms with Gasteiger partial charge < -0.3 is 9.47 Å². The van der Waals surface area contributed by atoms with Crippen LogP contribution in [0.5, 0.6) is 11.5 Å². The van der Waals surface area contributed by atoms with Gasteiger partial charge in [-0.05, 0) is 59.8 Å². The summed E-state index contributed by atoms with van der Waals surface area (Å²) in [5, 5.41) is 5.51. The number of nitrogens with one attached hydrogen (secondary N) is 1. The number of carbonyl (C=O) groups excluding carboxylic acids is 1. The van der Waals surface area contributed by atoms with Gasteiger partial charge >= 0.3 is 11.3 Å². The van der Waals surface area contributed by atoms with Gasteiger partial charge in [0.1, 0.15) is 6.61 Å². The Morgan fingerprint density at radius 3 is 2.42 bits per heavy atom. The first-order valence-electron chi connectivity index (χ1n) is 13.7. The fraction of sp³-hybridized carbons (Fsp3) is 0.152. The number of ether oxygens (including phenoxy) is 2. The first-order chi connectivity index (χ1) is 21.0. The minimum absolute atomic E-state index is 0.262. The predicted octanol–water partition coefficient (Wildman–Crippen LogP) is 6.28. The molecule has 43 heavy (non-hydrogen) atoms. The van der Waals surface area contributed by atoms with E-state index in [2.05, 4.69) is 4.98 Å². The Labute approximate surface area is 257 Å². The standard InChI is InChI=1S/C33H27ClN4O4S/c1-3-41-27-19-23(18-25(34)29(27)42-20-21-12-6-4-7-13-21)31-37(32(40)22-14-8-5-9-15-22)26-17-11-10-16-24(26)28-30(39)35-33(43-2)36-38(28)31/h4-19,31H,3,20H2,1-2H3/p+1/t31-/m1/s1. The summed E-state index contributed by atoms with van der Waals surface area (Å²) in [4.78, 5) is 32.4. The molecule has 1 amide bonds. The number of aromatic amines is 1. The zero-order valence-electron chi connectivity index (χ0n) is 23.5. The SMILES string of the molecule is CCOc1cc([C@@H]2N(C(=O)c3ccccc3)c3ccccc3-c3c(=O)[nH]c(SC)n[n+]32)cc(Cl)c1OCc1ccccc1. The summed E-state index contributed by atoms with van der Waals surface area (Å²) in [6.45, 7) is 2.53. The highest BCUT2D eigenvalue weighted by atomic mass is 35.5. The van der Waals surface area contributed by atoms with Crippen molar-refractivity contribution in [3.63, 3.8) is 0 Å². The topological polar surface area (TPSA) is 88.4 Å². The molecule has 0 unspecified atom stereocenters. The van der Waals surface area contributed by atoms with Gasteiger partial charge in [0, 0.05) is 10.7 Å². The molecule has 0 saturated heterocycles. The van der Waals surface area contributed by atoms with E-state index in [9.17, 15) is 9.59 Å². The molecule has 0 aliphatic carbocycles. The summed E-state index contributed by atoms with van der Waals surface area (Å²) in [7, 11) is 0. The third-order valence-corrected chi connectivity index (χ3v) is 7.90. The van der Waals surface area contributed by atoms with Crippen LogP contribution in [0.3, 0.4) is 0 Å². The maximum absolute atomic E-state index is 14.3. The number of para-hydroxylation sites is 1. The maximum Gasteiger partial charge on any atom is 0.325 e. The van der Waals surface area contributed by atoms with Crippen molar-refractivity contribution < 1.29 is 19.0 Å². The van der Waals surface area contributed by atoms with Crippen LogP contribution in [0.15, 0.2) is 107 Å². The lowest BCUT2D eigenvalue weighted by molar-refractivity contribution is -0.763. The molecule has 1 aliphatic heterocycles. The highest BCUT2D eigenvalue weighted by Gasteiger charge is 2.46. The van der Waals surface area contributed by atoms with Crippen LogP contribution in [0.1, 0.15) is 34.6 Å². The number of hydrogen-bond acceptors (Lipinski definition) is 6. The van der Waals surface area contributed by atoms with E-state index in [1.807, 2.05) is 86.0 Å². The number of aromatic nitrogens is 3. The van der Waals surface area contributed by atoms with Crippen LogP contribution in [-0.4, -0.2) is 28.9 Å². The molecule has 10 heteroatoms. The average Bonchev–Trinajstić information content (AvgIpc) is 3.04. The predicted molar refractivity (Wildman–Crippen MR) is 167 cm³/mol. The largest absolute Gasteiger partial charge is 0.490 e. The van der Waals surface area contributed by atoms with Gasteiger partial charge in [0.25, 0.3) is 12.1 Å². The summed E-state index contributed by atoms with van der Waals surface area (Å²) in [5.74, 6) is 0.550. The van der Waals surface area contributed by atoms with Crippen LogP contribution in [0.4, 0.5) is 5.69 Å². The molecule has 6 rings (SSSR count). The van der Waals surface area contributed by atoms with E-state index in [-0.39, 0.29) is 11.5 Å². The quantitative estimate of drug-likeness (QED) is 0.164. The van der Waals surface area contributed by atoms with E-state index in [0.717, 1.165) is 5.56 Å². The zero-order chi connectivity index (χ0) is 29.9. The molecule has 1 aromatic heterocycles. The Morgan fingerprint density at radius 2 is 1.70 bits per heavy atom. The van der Waals surface area contributed by atoms with Gasteiger partial charge in [0.15, 0.2) is 11.5 Å². The van der Waals surface area contributed by atoms with Crippen molar-refractivity contribution in [2.24, 2.45) is 0 Å². The normalized spacial score (nSPS) is 13.7. The van der Waals surface area contributed by atoms with Crippen LogP contribution < -0.4 is 24.6 Å². The second-order valence-electron chi connectivity index (χ2n) is 9.73. The van der Waals surface area contributed by atoms with Gasteiger partial charge in [-0.2, -0.15) is 0 Å². The van der Waals surface area contributed by atoms with Crippen molar-refractivity contribution in [3.8, 4) is 22.8 Å². The lowest BCUT2D eigenvalue weighted by Gasteiger charge is -2.32. The molecule has 0 bridgehead atoms. The van der Waals surface area contributed by atoms with Crippen molar-refractivity contribution in [1.29, 1.82) is 0 Å². The van der Waals surface area contributed by atoms with Crippen molar-refractivity contribution in [3.05, 3.63) is 129 Å². The van der Waals surface area contributed by atoms with Crippen molar-refractivity contribution >= 4 is 35.0 Å². The lowest BCUT2D eigenvalue weighted by atomic mass is 10.00. The zero-order valence-corrected chi connectivity index (χ0v) is 25.1. The Kier molecular flexibility index (Phi) is 8.18. The summed E-state index contributed by atoms with van der Waals surface area (Å²) in [6, 6.07) is 29.6. The van der Waals surface area contributed by atoms with Crippen LogP contribution in [0.2, 0.25) is 5.02 Å². The number of benzene rings is 4. The number of fused-ring (bicyclic) bond motifs is 3. The van der Waals surface area contributed by atoms with Gasteiger partial charge in [-0.25, -0.2) is 4.90 Å². The van der Waals surface area contributed by atoms with Crippen molar-refractivity contribution in [2.45, 2.75) is 24.9 Å². The molecule has 0 radical (unpaired) electrons. The molecule has 1 aliphatic rings. The number of amides is 1. The van der Waals surface area contributed by atoms with E-state index >= 15 is 0 Å². The Morgan fingerprint density at radius 1 is 1.00 bits per heavy atom. The van der Waals surface area contributed by atoms with Crippen LogP contribution >= 0.6 is 23.4 Å². The molecule has 1 atom stereocenters. The van der Waals surface area contributed by atoms with Gasteiger partial charge in [-0.15, -0.1) is 0 Å². The molecule has 1 N–H and O–H groups in total. The second-order valence-corrected chi connectivity index (χ2v) is 10.9. The lowest BCUT2D eigenvalue weighted by Crippen LogP contribution is -2.61. The molecule has 216 valence electrons. The van der Waals surface area contributed by atoms with Crippen molar-refractivity contribution in [1.82, 2.24) is 10.1 Å². The van der Waals surface area contributed by atoms with Crippen molar-refractivity contribution in [2.75, 3.05) is 17.8 Å². The van der Waals surface area contributed by atoms with Gasteiger partial charge in [-0.3, -0.25) is 14.6 Å². The number of carbonyl (C=O) groups is 1. The number of hydrogen-bond donors (Lipinski definition) is 1. The Balaban J connectivity index is 1.56. The van der Waals surface area contributed by atoms with Crippen LogP contribution in [0.25, 0.3) is 11.3 Å². The molecule has 0 fully saturated rings. The highest BCUT2D eigenvalue weighted by molar-refractivity contribution is 7.98. The Bertz CT molecular complexity index is 1850. The maximum atomic E-state index is 14.3. The number of anilines is 1. The highest BCUT2D eigenvalue weighted by Crippen LogP contribution is 2.43. The van der Waals surface area contributed by atoms with Gasteiger partial charge in [0.2, 0.25) is 5.16 Å². The fourth-order valence-electron chi connectivity index (χ4n) is 5.17. The number of rotatable bonds is 8. The number of thioether (sulfide) groups is 1. The summed E-state index contributed by atoms with van der Waals surface area (Å²) in [6.07, 6.45) is 0.956. The van der Waals surface area contributed by atoms with Crippen LogP contribution in [0, 0.1) is 0 Å². The smallest absolute Gasteiger partial charge is 0.325 e. The summed E-state index contributed by atoms with van der Waals surface area (Å²) in [5.41, 5.74) is 3.23. The fourth-order valence-corrected chi connectivity index (χ4v) is 5.81. The van der Waals surface area contributed by atoms with E-state index in [1.54, 1.807) is 33.8 Å². The first-order valence-corrected chi connectivity index (χ1v) is 15.3. The monoisotopic (exact) mass is 611 g/mol. The molecule has 4 aromatic carbocycles. The molecule has 0 saturated carbocycles. The molecular formula is C33H28ClN4O4S+. The van der Waals surface area contributed by atoms with E-state index in [0.29, 0.717) is 63.0 Å². The third-order valence-electron chi connectivity index (χ3n) is 7.05. The number of nitrogens with zero attached hydrogens (tertiary/aromatic N) is 3. The molecular weight excluding hydrogens is 584 g/mol. The Hall–Kier alpha value is -4.60. The van der Waals surface area contributed by atoms with E-state index in [1.165, 1.54) is 11.8 Å². The number of halogens is 1. The summed E-state index contributed by atoms with van der Waals surface area (Å²) >= 11 is 8.21. The molecule has 8 nitrogen and oxygen atoms in total. The second kappa shape index (κ2) is 12.3. The first kappa shape index (κ1) is 28.5. The third kappa shape index (κ3) is 5.49. The van der Waals surface area contributed by atoms with E-state index < -0.39 is 6.17 Å². The van der Waals surface area contributed by atoms with Gasteiger partial charge in [-0.1, -0.05) is 84.0 Å². The molecule has 2 heterocycles. The minimum Gasteiger partial charge on any atom is -0.490 e.